The first kappa shape index (κ1) is 30.2. The summed E-state index contributed by atoms with van der Waals surface area (Å²) in [4.78, 5) is 28.4. The van der Waals surface area contributed by atoms with E-state index >= 15 is 0 Å². The van der Waals surface area contributed by atoms with Gasteiger partial charge < -0.3 is 10.2 Å². The Morgan fingerprint density at radius 1 is 0.897 bits per heavy atom. The summed E-state index contributed by atoms with van der Waals surface area (Å²) in [7, 11) is -4.10. The Balaban J connectivity index is 2.04. The Morgan fingerprint density at radius 2 is 1.49 bits per heavy atom. The molecular weight excluding hydrogens is 534 g/mol. The number of hydrogen-bond donors (Lipinski definition) is 1. The van der Waals surface area contributed by atoms with Gasteiger partial charge in [0, 0.05) is 18.1 Å². The van der Waals surface area contributed by atoms with Gasteiger partial charge in [0.05, 0.1) is 10.6 Å². The molecule has 0 saturated heterocycles. The molecule has 0 fully saturated rings. The Hall–Kier alpha value is -3.36. The number of carbonyl (C=O) groups excluding carboxylic acids is 2. The van der Waals surface area contributed by atoms with Gasteiger partial charge >= 0.3 is 0 Å². The molecule has 0 aliphatic carbocycles. The molecule has 39 heavy (non-hydrogen) atoms. The molecule has 0 unspecified atom stereocenters. The molecule has 3 rings (SSSR count). The quantitative estimate of drug-likeness (QED) is 0.335. The summed E-state index contributed by atoms with van der Waals surface area (Å²) in [5.41, 5.74) is 3.81. The first-order valence-corrected chi connectivity index (χ1v) is 14.7. The second-order valence-corrected chi connectivity index (χ2v) is 12.1. The molecular formula is C30H36ClN3O4S. The van der Waals surface area contributed by atoms with Gasteiger partial charge in [0.15, 0.2) is 0 Å². The van der Waals surface area contributed by atoms with Crippen molar-refractivity contribution < 1.29 is 18.0 Å². The van der Waals surface area contributed by atoms with Crippen LogP contribution < -0.4 is 9.62 Å². The molecule has 0 aromatic heterocycles. The fourth-order valence-electron chi connectivity index (χ4n) is 4.23. The molecule has 0 heterocycles. The fourth-order valence-corrected chi connectivity index (χ4v) is 5.75. The predicted molar refractivity (Wildman–Crippen MR) is 156 cm³/mol. The number of nitrogens with zero attached hydrogens (tertiary/aromatic N) is 2. The van der Waals surface area contributed by atoms with Crippen molar-refractivity contribution in [2.75, 3.05) is 17.4 Å². The molecule has 3 aromatic carbocycles. The van der Waals surface area contributed by atoms with Crippen molar-refractivity contribution in [1.29, 1.82) is 0 Å². The van der Waals surface area contributed by atoms with Crippen LogP contribution in [-0.2, 0) is 26.2 Å². The van der Waals surface area contributed by atoms with Crippen LogP contribution in [-0.4, -0.2) is 44.3 Å². The van der Waals surface area contributed by atoms with E-state index in [1.54, 1.807) is 55.5 Å². The number of amides is 2. The summed E-state index contributed by atoms with van der Waals surface area (Å²) < 4.78 is 29.0. The van der Waals surface area contributed by atoms with E-state index in [-0.39, 0.29) is 17.3 Å². The van der Waals surface area contributed by atoms with Crippen LogP contribution in [0.3, 0.4) is 0 Å². The standard InChI is InChI=1S/C30H36ClN3O4S/c1-6-15-32-30(36)24(5)33(19-25-9-11-26(31)12-10-25)29(35)20-34(27-17-22(3)16-23(4)18-27)39(37,38)28-13-7-21(2)8-14-28/h7-14,16-18,24H,6,15,19-20H2,1-5H3,(H,32,36)/t24-/m0/s1. The van der Waals surface area contributed by atoms with E-state index in [1.807, 2.05) is 33.8 Å². The minimum absolute atomic E-state index is 0.0815. The van der Waals surface area contributed by atoms with Gasteiger partial charge in [0.1, 0.15) is 12.6 Å². The maximum absolute atomic E-state index is 13.9. The average Bonchev–Trinajstić information content (AvgIpc) is 2.89. The van der Waals surface area contributed by atoms with Crippen molar-refractivity contribution in [2.24, 2.45) is 0 Å². The Kier molecular flexibility index (Phi) is 10.2. The highest BCUT2D eigenvalue weighted by atomic mass is 35.5. The minimum Gasteiger partial charge on any atom is -0.354 e. The van der Waals surface area contributed by atoms with Crippen LogP contribution in [0.25, 0.3) is 0 Å². The zero-order valence-corrected chi connectivity index (χ0v) is 24.6. The first-order valence-electron chi connectivity index (χ1n) is 12.9. The number of aryl methyl sites for hydroxylation is 3. The summed E-state index contributed by atoms with van der Waals surface area (Å²) >= 11 is 6.04. The number of benzene rings is 3. The molecule has 1 N–H and O–H groups in total. The molecule has 0 aliphatic rings. The highest BCUT2D eigenvalue weighted by molar-refractivity contribution is 7.92. The zero-order chi connectivity index (χ0) is 28.7. The molecule has 3 aromatic rings. The van der Waals surface area contributed by atoms with E-state index in [0.717, 1.165) is 33.0 Å². The third kappa shape index (κ3) is 7.83. The maximum Gasteiger partial charge on any atom is 0.264 e. The van der Waals surface area contributed by atoms with E-state index in [4.69, 9.17) is 11.6 Å². The van der Waals surface area contributed by atoms with Crippen LogP contribution >= 0.6 is 11.6 Å². The van der Waals surface area contributed by atoms with Gasteiger partial charge in [-0.1, -0.05) is 54.4 Å². The highest BCUT2D eigenvalue weighted by Crippen LogP contribution is 2.27. The molecule has 2 amide bonds. The van der Waals surface area contributed by atoms with Crippen LogP contribution in [0, 0.1) is 20.8 Å². The van der Waals surface area contributed by atoms with Crippen LogP contribution in [0.5, 0.6) is 0 Å². The number of hydrogen-bond acceptors (Lipinski definition) is 4. The van der Waals surface area contributed by atoms with Gasteiger partial charge in [-0.15, -0.1) is 0 Å². The summed E-state index contributed by atoms with van der Waals surface area (Å²) in [6.07, 6.45) is 0.749. The lowest BCUT2D eigenvalue weighted by Crippen LogP contribution is -2.51. The van der Waals surface area contributed by atoms with Crippen LogP contribution in [0.15, 0.2) is 71.6 Å². The van der Waals surface area contributed by atoms with Gasteiger partial charge in [-0.3, -0.25) is 13.9 Å². The monoisotopic (exact) mass is 569 g/mol. The van der Waals surface area contributed by atoms with E-state index in [9.17, 15) is 18.0 Å². The van der Waals surface area contributed by atoms with Gasteiger partial charge in [-0.25, -0.2) is 8.42 Å². The molecule has 0 spiro atoms. The molecule has 0 saturated carbocycles. The molecule has 208 valence electrons. The summed E-state index contributed by atoms with van der Waals surface area (Å²) in [6, 6.07) is 18.1. The van der Waals surface area contributed by atoms with Crippen molar-refractivity contribution >= 4 is 39.1 Å². The average molecular weight is 570 g/mol. The first-order chi connectivity index (χ1) is 18.4. The highest BCUT2D eigenvalue weighted by Gasteiger charge is 2.32. The third-order valence-electron chi connectivity index (χ3n) is 6.36. The summed E-state index contributed by atoms with van der Waals surface area (Å²) in [5, 5.41) is 3.39. The largest absolute Gasteiger partial charge is 0.354 e. The second kappa shape index (κ2) is 13.1. The van der Waals surface area contributed by atoms with Crippen LogP contribution in [0.2, 0.25) is 5.02 Å². The number of sulfonamides is 1. The SMILES string of the molecule is CCCNC(=O)[C@H](C)N(Cc1ccc(Cl)cc1)C(=O)CN(c1cc(C)cc(C)c1)S(=O)(=O)c1ccc(C)cc1. The molecule has 1 atom stereocenters. The van der Waals surface area contributed by atoms with Crippen molar-refractivity contribution in [3.63, 3.8) is 0 Å². The van der Waals surface area contributed by atoms with Crippen LogP contribution in [0.1, 0.15) is 42.5 Å². The lowest BCUT2D eigenvalue weighted by molar-refractivity contribution is -0.139. The molecule has 0 aliphatic heterocycles. The van der Waals surface area contributed by atoms with E-state index in [2.05, 4.69) is 5.32 Å². The number of nitrogens with one attached hydrogen (secondary N) is 1. The van der Waals surface area contributed by atoms with Crippen LogP contribution in [0.4, 0.5) is 5.69 Å². The van der Waals surface area contributed by atoms with Gasteiger partial charge in [0.25, 0.3) is 10.0 Å². The van der Waals surface area contributed by atoms with E-state index in [1.165, 1.54) is 17.0 Å². The second-order valence-electron chi connectivity index (χ2n) is 9.79. The Labute approximate surface area is 236 Å². The number of rotatable bonds is 11. The van der Waals surface area contributed by atoms with Crippen molar-refractivity contribution in [1.82, 2.24) is 10.2 Å². The summed E-state index contributed by atoms with van der Waals surface area (Å²) in [6.45, 7) is 9.33. The van der Waals surface area contributed by atoms with Gasteiger partial charge in [0.2, 0.25) is 11.8 Å². The van der Waals surface area contributed by atoms with Crippen molar-refractivity contribution in [3.8, 4) is 0 Å². The molecule has 9 heteroatoms. The number of halogens is 1. The summed E-state index contributed by atoms with van der Waals surface area (Å²) in [5.74, 6) is -0.808. The molecule has 0 radical (unpaired) electrons. The lowest BCUT2D eigenvalue weighted by atomic mass is 10.1. The Morgan fingerprint density at radius 3 is 2.05 bits per heavy atom. The van der Waals surface area contributed by atoms with E-state index < -0.39 is 28.5 Å². The van der Waals surface area contributed by atoms with Gasteiger partial charge in [-0.2, -0.15) is 0 Å². The Bertz CT molecular complexity index is 1390. The molecule has 7 nitrogen and oxygen atoms in total. The lowest BCUT2D eigenvalue weighted by Gasteiger charge is -2.32. The van der Waals surface area contributed by atoms with Crippen molar-refractivity contribution in [2.45, 2.75) is 58.5 Å². The third-order valence-corrected chi connectivity index (χ3v) is 8.41. The fraction of sp³-hybridized carbons (Fsp3) is 0.333. The minimum atomic E-state index is -4.10. The smallest absolute Gasteiger partial charge is 0.264 e. The number of anilines is 1. The predicted octanol–water partition coefficient (Wildman–Crippen LogP) is 5.40. The van der Waals surface area contributed by atoms with Crippen molar-refractivity contribution in [3.05, 3.63) is 94.0 Å². The normalized spacial score (nSPS) is 12.1. The maximum atomic E-state index is 13.9. The molecule has 0 bridgehead atoms. The van der Waals surface area contributed by atoms with Gasteiger partial charge in [-0.05, 0) is 87.2 Å². The van der Waals surface area contributed by atoms with E-state index in [0.29, 0.717) is 17.3 Å². The topological polar surface area (TPSA) is 86.8 Å². The number of carbonyl (C=O) groups is 2. The zero-order valence-electron chi connectivity index (χ0n) is 23.1.